The predicted octanol–water partition coefficient (Wildman–Crippen LogP) is 6.92. The van der Waals surface area contributed by atoms with Crippen molar-refractivity contribution < 1.29 is 9.53 Å². The number of ether oxygens (including phenoxy) is 1. The van der Waals surface area contributed by atoms with Crippen molar-refractivity contribution in [1.82, 2.24) is 29.5 Å². The fourth-order valence-electron chi connectivity index (χ4n) is 6.59. The molecule has 0 bridgehead atoms. The van der Waals surface area contributed by atoms with Gasteiger partial charge >= 0.3 is 0 Å². The van der Waals surface area contributed by atoms with Gasteiger partial charge in [0.25, 0.3) is 0 Å². The molecule has 6 rings (SSSR count). The third kappa shape index (κ3) is 8.32. The number of likely N-dealkylation sites (N-methyl/N-ethyl adjacent to an activating group) is 1. The van der Waals surface area contributed by atoms with Crippen molar-refractivity contribution in [3.05, 3.63) is 89.8 Å². The summed E-state index contributed by atoms with van der Waals surface area (Å²) in [5.74, 6) is 2.18. The maximum Gasteiger partial charge on any atom is 0.229 e. The zero-order chi connectivity index (χ0) is 34.3. The third-order valence-electron chi connectivity index (χ3n) is 9.38. The number of aromatic nitrogens is 5. The van der Waals surface area contributed by atoms with Crippen molar-refractivity contribution in [3.8, 4) is 11.3 Å². The van der Waals surface area contributed by atoms with E-state index in [0.717, 1.165) is 83.1 Å². The van der Waals surface area contributed by atoms with Gasteiger partial charge in [0.1, 0.15) is 0 Å². The lowest BCUT2D eigenvalue weighted by Gasteiger charge is -2.27. The first-order valence-electron chi connectivity index (χ1n) is 17.3. The number of hydrogen-bond donors (Lipinski definition) is 2. The molecule has 10 heteroatoms. The molecule has 5 aromatic rings. The molecule has 1 aliphatic rings. The van der Waals surface area contributed by atoms with Crippen LogP contribution in [0.1, 0.15) is 62.1 Å². The molecule has 0 aliphatic heterocycles. The molecule has 2 aromatic carbocycles. The standard InChI is InChI=1S/C39H48N8O2/c1-26(2)35-25-43-47-37(35)44-38(41-23-27-12-15-32(49-5)16-13-27)45-39(47)42-24-30-9-6-7-11-33(30)36-34-17-14-28(21-29(34)18-19-40-36)22-31(48)10-8-20-46(3)4/h6-11,14,17-19,21,25-27,32H,12-13,15-16,20,22-24H2,1-5H3,(H2,41,42,44,45)/b10-8+. The zero-order valence-corrected chi connectivity index (χ0v) is 29.3. The predicted molar refractivity (Wildman–Crippen MR) is 197 cm³/mol. The Morgan fingerprint density at radius 2 is 1.88 bits per heavy atom. The van der Waals surface area contributed by atoms with Crippen LogP contribution in [0, 0.1) is 5.92 Å². The number of nitrogens with one attached hydrogen (secondary N) is 2. The molecule has 1 fully saturated rings. The summed E-state index contributed by atoms with van der Waals surface area (Å²) >= 11 is 0. The lowest BCUT2D eigenvalue weighted by molar-refractivity contribution is -0.114. The van der Waals surface area contributed by atoms with E-state index >= 15 is 0 Å². The van der Waals surface area contributed by atoms with E-state index in [2.05, 4.69) is 53.8 Å². The minimum atomic E-state index is 0.0935. The van der Waals surface area contributed by atoms with Gasteiger partial charge in [0.2, 0.25) is 11.9 Å². The minimum absolute atomic E-state index is 0.0935. The van der Waals surface area contributed by atoms with E-state index in [4.69, 9.17) is 19.7 Å². The highest BCUT2D eigenvalue weighted by Crippen LogP contribution is 2.31. The maximum absolute atomic E-state index is 12.6. The van der Waals surface area contributed by atoms with Gasteiger partial charge in [-0.2, -0.15) is 19.6 Å². The molecule has 0 radical (unpaired) electrons. The number of fused-ring (bicyclic) bond motifs is 2. The molecule has 3 heterocycles. The number of ketones is 1. The van der Waals surface area contributed by atoms with Gasteiger partial charge in [-0.25, -0.2) is 0 Å². The van der Waals surface area contributed by atoms with E-state index in [9.17, 15) is 4.79 Å². The maximum atomic E-state index is 12.6. The average molecular weight is 661 g/mol. The Balaban J connectivity index is 1.23. The number of nitrogens with zero attached hydrogens (tertiary/aromatic N) is 6. The Morgan fingerprint density at radius 3 is 2.65 bits per heavy atom. The Morgan fingerprint density at radius 1 is 1.06 bits per heavy atom. The fraction of sp³-hybridized carbons (Fsp3) is 0.410. The number of anilines is 2. The highest BCUT2D eigenvalue weighted by Gasteiger charge is 2.22. The van der Waals surface area contributed by atoms with E-state index in [-0.39, 0.29) is 11.7 Å². The van der Waals surface area contributed by atoms with Crippen molar-refractivity contribution >= 4 is 34.1 Å². The Labute approximate surface area is 289 Å². The van der Waals surface area contributed by atoms with Crippen LogP contribution in [0.3, 0.4) is 0 Å². The van der Waals surface area contributed by atoms with E-state index in [0.29, 0.717) is 36.9 Å². The lowest BCUT2D eigenvalue weighted by atomic mass is 9.87. The Kier molecular flexibility index (Phi) is 11.0. The lowest BCUT2D eigenvalue weighted by Crippen LogP contribution is -2.25. The monoisotopic (exact) mass is 660 g/mol. The normalized spacial score (nSPS) is 16.7. The number of hydrogen-bond acceptors (Lipinski definition) is 9. The van der Waals surface area contributed by atoms with Crippen molar-refractivity contribution in [2.45, 2.75) is 64.5 Å². The number of pyridine rings is 1. The summed E-state index contributed by atoms with van der Waals surface area (Å²) in [5.41, 5.74) is 5.90. The number of methoxy groups -OCH3 is 1. The van der Waals surface area contributed by atoms with Gasteiger partial charge in [-0.15, -0.1) is 0 Å². The first-order chi connectivity index (χ1) is 23.8. The average Bonchev–Trinajstić information content (AvgIpc) is 3.54. The van der Waals surface area contributed by atoms with Gasteiger partial charge in [-0.1, -0.05) is 62.4 Å². The Bertz CT molecular complexity index is 1920. The molecule has 10 nitrogen and oxygen atoms in total. The summed E-state index contributed by atoms with van der Waals surface area (Å²) < 4.78 is 7.37. The molecule has 0 unspecified atom stereocenters. The highest BCUT2D eigenvalue weighted by atomic mass is 16.5. The van der Waals surface area contributed by atoms with Crippen molar-refractivity contribution in [2.24, 2.45) is 5.92 Å². The van der Waals surface area contributed by atoms with Crippen LogP contribution in [0.2, 0.25) is 0 Å². The quantitative estimate of drug-likeness (QED) is 0.123. The number of carbonyl (C=O) groups excluding carboxylic acids is 1. The van der Waals surface area contributed by atoms with Gasteiger partial charge in [0.15, 0.2) is 11.4 Å². The zero-order valence-electron chi connectivity index (χ0n) is 29.3. The molecule has 256 valence electrons. The van der Waals surface area contributed by atoms with E-state index in [1.807, 2.05) is 73.4 Å². The highest BCUT2D eigenvalue weighted by molar-refractivity contribution is 5.97. The molecule has 0 spiro atoms. The van der Waals surface area contributed by atoms with Crippen LogP contribution in [-0.2, 0) is 22.5 Å². The molecule has 49 heavy (non-hydrogen) atoms. The van der Waals surface area contributed by atoms with Crippen LogP contribution in [-0.4, -0.2) is 75.6 Å². The number of allylic oxidation sites excluding steroid dienone is 1. The van der Waals surface area contributed by atoms with Gasteiger partial charge in [0, 0.05) is 55.9 Å². The minimum Gasteiger partial charge on any atom is -0.381 e. The molecule has 1 saturated carbocycles. The SMILES string of the molecule is COC1CCC(CNc2nc(NCc3ccccc3-c3nccc4cc(CC(=O)/C=C/CN(C)C)ccc34)n3ncc(C(C)C)c3n2)CC1. The van der Waals surface area contributed by atoms with Crippen LogP contribution in [0.25, 0.3) is 27.7 Å². The van der Waals surface area contributed by atoms with E-state index in [1.165, 1.54) is 0 Å². The molecule has 0 saturated heterocycles. The summed E-state index contributed by atoms with van der Waals surface area (Å²) in [6, 6.07) is 16.5. The van der Waals surface area contributed by atoms with Crippen LogP contribution in [0.4, 0.5) is 11.9 Å². The van der Waals surface area contributed by atoms with Gasteiger partial charge < -0.3 is 20.3 Å². The first kappa shape index (κ1) is 34.2. The molecular weight excluding hydrogens is 612 g/mol. The van der Waals surface area contributed by atoms with Crippen molar-refractivity contribution in [2.75, 3.05) is 44.9 Å². The van der Waals surface area contributed by atoms with Crippen molar-refractivity contribution in [3.63, 3.8) is 0 Å². The van der Waals surface area contributed by atoms with Crippen molar-refractivity contribution in [1.29, 1.82) is 0 Å². The van der Waals surface area contributed by atoms with E-state index < -0.39 is 0 Å². The number of carbonyl (C=O) groups is 1. The summed E-state index contributed by atoms with van der Waals surface area (Å²) in [6.07, 6.45) is 12.5. The van der Waals surface area contributed by atoms with Crippen LogP contribution < -0.4 is 10.6 Å². The van der Waals surface area contributed by atoms with Gasteiger partial charge in [-0.3, -0.25) is 9.78 Å². The molecule has 0 atom stereocenters. The summed E-state index contributed by atoms with van der Waals surface area (Å²) in [5, 5.41) is 13.9. The molecular formula is C39H48N8O2. The smallest absolute Gasteiger partial charge is 0.229 e. The second kappa shape index (κ2) is 15.7. The van der Waals surface area contributed by atoms with Crippen LogP contribution >= 0.6 is 0 Å². The number of benzene rings is 2. The first-order valence-corrected chi connectivity index (χ1v) is 17.3. The topological polar surface area (TPSA) is 110 Å². The molecule has 3 aromatic heterocycles. The molecule has 0 amide bonds. The molecule has 1 aliphatic carbocycles. The van der Waals surface area contributed by atoms with Gasteiger partial charge in [0.05, 0.1) is 18.0 Å². The third-order valence-corrected chi connectivity index (χ3v) is 9.38. The van der Waals surface area contributed by atoms with Gasteiger partial charge in [-0.05, 0) is 80.3 Å². The largest absolute Gasteiger partial charge is 0.381 e. The number of rotatable bonds is 14. The molecule has 2 N–H and O–H groups in total. The van der Waals surface area contributed by atoms with Crippen LogP contribution in [0.5, 0.6) is 0 Å². The van der Waals surface area contributed by atoms with Crippen LogP contribution in [0.15, 0.2) is 73.1 Å². The summed E-state index contributed by atoms with van der Waals surface area (Å²) in [6.45, 7) is 6.40. The fourth-order valence-corrected chi connectivity index (χ4v) is 6.59. The van der Waals surface area contributed by atoms with E-state index in [1.54, 1.807) is 6.08 Å². The summed E-state index contributed by atoms with van der Waals surface area (Å²) in [7, 11) is 5.78. The summed E-state index contributed by atoms with van der Waals surface area (Å²) in [4.78, 5) is 29.3. The Hall–Kier alpha value is -4.67. The second-order valence-electron chi connectivity index (χ2n) is 13.7. The second-order valence-corrected chi connectivity index (χ2v) is 13.7.